The molecule has 0 spiro atoms. The number of nitrogens with zero attached hydrogens (tertiary/aromatic N) is 4. The third-order valence-corrected chi connectivity index (χ3v) is 9.10. The fraction of sp³-hybridized carbons (Fsp3) is 0.212. The number of aromatic nitrogens is 1. The minimum atomic E-state index is -0.715. The van der Waals surface area contributed by atoms with Gasteiger partial charge in [-0.05, 0) is 50.1 Å². The van der Waals surface area contributed by atoms with Gasteiger partial charge >= 0.3 is 0 Å². The molecule has 4 aromatic rings. The number of para-hydroxylation sites is 1. The van der Waals surface area contributed by atoms with Crippen LogP contribution in [0.2, 0.25) is 5.02 Å². The highest BCUT2D eigenvalue weighted by molar-refractivity contribution is 7.07. The number of anilines is 1. The van der Waals surface area contributed by atoms with Gasteiger partial charge in [-0.2, -0.15) is 0 Å². The molecule has 0 saturated heterocycles. The van der Waals surface area contributed by atoms with Crippen molar-refractivity contribution in [3.05, 3.63) is 132 Å². The van der Waals surface area contributed by atoms with E-state index >= 15 is 0 Å². The van der Waals surface area contributed by atoms with E-state index in [1.807, 2.05) is 80.6 Å². The van der Waals surface area contributed by atoms with Gasteiger partial charge in [0.05, 0.1) is 35.1 Å². The quantitative estimate of drug-likeness (QED) is 0.325. The number of likely N-dealkylation sites (N-methyl/N-ethyl adjacent to an activating group) is 1. The Bertz CT molecular complexity index is 1920. The van der Waals surface area contributed by atoms with E-state index in [2.05, 4.69) is 0 Å². The van der Waals surface area contributed by atoms with Gasteiger partial charge < -0.3 is 9.80 Å². The predicted octanol–water partition coefficient (Wildman–Crippen LogP) is 4.67. The zero-order valence-corrected chi connectivity index (χ0v) is 25.1. The van der Waals surface area contributed by atoms with E-state index in [0.29, 0.717) is 56.4 Å². The second-order valence-electron chi connectivity index (χ2n) is 10.2. The molecular weight excluding hydrogens is 568 g/mol. The first kappa shape index (κ1) is 27.9. The molecule has 6 rings (SSSR count). The molecule has 212 valence electrons. The summed E-state index contributed by atoms with van der Waals surface area (Å²) in [5, 5.41) is 0.553. The monoisotopic (exact) mass is 596 g/mol. The minimum absolute atomic E-state index is 0.171. The molecule has 9 heteroatoms. The van der Waals surface area contributed by atoms with Crippen molar-refractivity contribution in [1.82, 2.24) is 9.47 Å². The summed E-state index contributed by atoms with van der Waals surface area (Å²) >= 11 is 7.40. The summed E-state index contributed by atoms with van der Waals surface area (Å²) in [6.07, 6.45) is 0. The largest absolute Gasteiger partial charge is 0.339 e. The van der Waals surface area contributed by atoms with Gasteiger partial charge in [-0.1, -0.05) is 83.6 Å². The number of hydrogen-bond acceptors (Lipinski definition) is 5. The van der Waals surface area contributed by atoms with E-state index in [0.717, 1.165) is 16.8 Å². The first-order valence-corrected chi connectivity index (χ1v) is 15.1. The fourth-order valence-corrected chi connectivity index (χ4v) is 6.97. The van der Waals surface area contributed by atoms with E-state index in [-0.39, 0.29) is 17.4 Å². The van der Waals surface area contributed by atoms with Gasteiger partial charge in [0.15, 0.2) is 4.80 Å². The average Bonchev–Trinajstić information content (AvgIpc) is 3.46. The molecular formula is C33H29ClN4O3S. The fourth-order valence-electron chi connectivity index (χ4n) is 5.71. The molecule has 2 amide bonds. The number of amides is 2. The summed E-state index contributed by atoms with van der Waals surface area (Å²) in [6.45, 7) is 7.09. The van der Waals surface area contributed by atoms with Crippen LogP contribution in [0.5, 0.6) is 0 Å². The van der Waals surface area contributed by atoms with Gasteiger partial charge in [0.25, 0.3) is 17.4 Å². The van der Waals surface area contributed by atoms with E-state index in [4.69, 9.17) is 16.6 Å². The SMILES string of the molecule is CCN(CC)C(=O)C1=C(C)N=c2s/c(=C3/C(=O)N(Cc4ccccc4)c4ccccc43)c(=O)n2[C@H]1c1ccc(Cl)cc1. The Morgan fingerprint density at radius 1 is 0.952 bits per heavy atom. The molecule has 1 aromatic heterocycles. The number of rotatable bonds is 6. The van der Waals surface area contributed by atoms with Gasteiger partial charge in [0, 0.05) is 23.7 Å². The topological polar surface area (TPSA) is 75.0 Å². The number of halogens is 1. The lowest BCUT2D eigenvalue weighted by Gasteiger charge is -2.29. The molecule has 0 unspecified atom stereocenters. The Morgan fingerprint density at radius 3 is 2.31 bits per heavy atom. The van der Waals surface area contributed by atoms with Crippen LogP contribution in [0.1, 0.15) is 43.5 Å². The molecule has 0 fully saturated rings. The summed E-state index contributed by atoms with van der Waals surface area (Å²) in [5.74, 6) is -0.404. The molecule has 0 saturated carbocycles. The van der Waals surface area contributed by atoms with Crippen LogP contribution in [0.4, 0.5) is 5.69 Å². The Balaban J connectivity index is 1.58. The number of fused-ring (bicyclic) bond motifs is 2. The van der Waals surface area contributed by atoms with Crippen LogP contribution in [0.15, 0.2) is 99.9 Å². The minimum Gasteiger partial charge on any atom is -0.339 e. The second kappa shape index (κ2) is 11.2. The van der Waals surface area contributed by atoms with E-state index in [9.17, 15) is 14.4 Å². The maximum Gasteiger partial charge on any atom is 0.271 e. The maximum absolute atomic E-state index is 14.4. The summed E-state index contributed by atoms with van der Waals surface area (Å²) < 4.78 is 1.88. The third-order valence-electron chi connectivity index (χ3n) is 7.80. The standard InChI is InChI=1S/C33H29ClN4O3S/c1-4-36(5-2)30(39)26-20(3)35-33-38(28(26)22-15-17-23(34)18-16-22)32(41)29(42-33)27-24-13-9-10-14-25(24)37(31(27)40)19-21-11-7-6-8-12-21/h6-18,28H,4-5,19H2,1-3H3/b29-27+/t28-/m0/s1. The van der Waals surface area contributed by atoms with Crippen molar-refractivity contribution < 1.29 is 9.59 Å². The number of thiazole rings is 1. The summed E-state index contributed by atoms with van der Waals surface area (Å²) in [6, 6.07) is 23.8. The second-order valence-corrected chi connectivity index (χ2v) is 11.6. The van der Waals surface area contributed by atoms with Crippen LogP contribution in [0.25, 0.3) is 5.57 Å². The lowest BCUT2D eigenvalue weighted by Crippen LogP contribution is -2.43. The highest BCUT2D eigenvalue weighted by Crippen LogP contribution is 2.37. The number of allylic oxidation sites excluding steroid dienone is 1. The molecule has 2 aliphatic heterocycles. The third kappa shape index (κ3) is 4.61. The molecule has 3 heterocycles. The number of carbonyl (C=O) groups excluding carboxylic acids is 2. The average molecular weight is 597 g/mol. The van der Waals surface area contributed by atoms with Crippen molar-refractivity contribution in [3.8, 4) is 0 Å². The highest BCUT2D eigenvalue weighted by Gasteiger charge is 2.37. The Hall–Kier alpha value is -4.27. The lowest BCUT2D eigenvalue weighted by molar-refractivity contribution is -0.127. The van der Waals surface area contributed by atoms with E-state index < -0.39 is 6.04 Å². The number of carbonyl (C=O) groups is 2. The molecule has 1 atom stereocenters. The number of benzene rings is 3. The number of hydrogen-bond donors (Lipinski definition) is 0. The zero-order chi connectivity index (χ0) is 29.5. The van der Waals surface area contributed by atoms with Crippen LogP contribution < -0.4 is 19.8 Å². The Morgan fingerprint density at radius 2 is 1.62 bits per heavy atom. The van der Waals surface area contributed by atoms with E-state index in [1.54, 1.807) is 33.4 Å². The molecule has 0 bridgehead atoms. The van der Waals surface area contributed by atoms with Crippen molar-refractivity contribution in [1.29, 1.82) is 0 Å². The Kier molecular flexibility index (Phi) is 7.43. The predicted molar refractivity (Wildman–Crippen MR) is 166 cm³/mol. The first-order valence-electron chi connectivity index (χ1n) is 13.9. The van der Waals surface area contributed by atoms with Crippen molar-refractivity contribution in [2.45, 2.75) is 33.4 Å². The summed E-state index contributed by atoms with van der Waals surface area (Å²) in [7, 11) is 0. The van der Waals surface area contributed by atoms with Gasteiger partial charge in [-0.25, -0.2) is 4.99 Å². The van der Waals surface area contributed by atoms with Gasteiger partial charge in [0.2, 0.25) is 0 Å². The smallest absolute Gasteiger partial charge is 0.271 e. The summed E-state index contributed by atoms with van der Waals surface area (Å²) in [5.41, 5.74) is 4.19. The molecule has 0 aliphatic carbocycles. The normalized spacial score (nSPS) is 17.2. The maximum atomic E-state index is 14.4. The van der Waals surface area contributed by atoms with Crippen molar-refractivity contribution in [2.75, 3.05) is 18.0 Å². The van der Waals surface area contributed by atoms with Crippen LogP contribution in [0, 0.1) is 0 Å². The van der Waals surface area contributed by atoms with Crippen LogP contribution in [-0.4, -0.2) is 34.4 Å². The van der Waals surface area contributed by atoms with Crippen molar-refractivity contribution in [3.63, 3.8) is 0 Å². The molecule has 42 heavy (non-hydrogen) atoms. The Labute approximate surface area is 252 Å². The lowest BCUT2D eigenvalue weighted by atomic mass is 9.94. The van der Waals surface area contributed by atoms with Crippen LogP contribution in [-0.2, 0) is 16.1 Å². The molecule has 7 nitrogen and oxygen atoms in total. The van der Waals surface area contributed by atoms with Crippen molar-refractivity contribution in [2.24, 2.45) is 4.99 Å². The molecule has 3 aromatic carbocycles. The zero-order valence-electron chi connectivity index (χ0n) is 23.5. The molecule has 0 N–H and O–H groups in total. The summed E-state index contributed by atoms with van der Waals surface area (Å²) in [4.78, 5) is 51.0. The van der Waals surface area contributed by atoms with Gasteiger partial charge in [-0.15, -0.1) is 0 Å². The molecule has 2 aliphatic rings. The van der Waals surface area contributed by atoms with Gasteiger partial charge in [0.1, 0.15) is 4.53 Å². The van der Waals surface area contributed by atoms with Crippen LogP contribution in [0.3, 0.4) is 0 Å². The highest BCUT2D eigenvalue weighted by atomic mass is 35.5. The molecule has 0 radical (unpaired) electrons. The van der Waals surface area contributed by atoms with Crippen LogP contribution >= 0.6 is 22.9 Å². The first-order chi connectivity index (χ1) is 20.3. The van der Waals surface area contributed by atoms with Gasteiger partial charge in [-0.3, -0.25) is 19.0 Å². The van der Waals surface area contributed by atoms with Crippen molar-refractivity contribution >= 4 is 46.0 Å². The van der Waals surface area contributed by atoms with E-state index in [1.165, 1.54) is 11.3 Å².